The van der Waals surface area contributed by atoms with Crippen LogP contribution in [0.5, 0.6) is 0 Å². The molecular formula is C30H32N2O. The van der Waals surface area contributed by atoms with Crippen molar-refractivity contribution in [2.45, 2.75) is 37.8 Å². The second-order valence-corrected chi connectivity index (χ2v) is 9.20. The number of nitrogens with zero attached hydrogens (tertiary/aromatic N) is 2. The van der Waals surface area contributed by atoms with Crippen LogP contribution in [-0.2, 0) is 6.54 Å². The molecule has 2 heterocycles. The van der Waals surface area contributed by atoms with Gasteiger partial charge in [0.1, 0.15) is 0 Å². The Morgan fingerprint density at radius 2 is 1.39 bits per heavy atom. The number of carbonyl (C=O) groups is 1. The summed E-state index contributed by atoms with van der Waals surface area (Å²) < 4.78 is 0. The number of amides is 1. The van der Waals surface area contributed by atoms with E-state index in [1.54, 1.807) is 0 Å². The molecule has 0 bridgehead atoms. The van der Waals surface area contributed by atoms with Gasteiger partial charge in [-0.15, -0.1) is 0 Å². The lowest BCUT2D eigenvalue weighted by Crippen LogP contribution is -2.45. The topological polar surface area (TPSA) is 23.6 Å². The summed E-state index contributed by atoms with van der Waals surface area (Å²) in [6, 6.07) is 30.0. The SMILES string of the molecule is O=C1c2ccccc2CN1C1CCN(CC=CCC(c2ccccc2)c2ccccc2)CC1. The van der Waals surface area contributed by atoms with Crippen LogP contribution >= 0.6 is 0 Å². The van der Waals surface area contributed by atoms with Crippen LogP contribution in [0.1, 0.15) is 52.2 Å². The first kappa shape index (κ1) is 21.7. The van der Waals surface area contributed by atoms with Crippen LogP contribution in [0.3, 0.4) is 0 Å². The van der Waals surface area contributed by atoms with E-state index >= 15 is 0 Å². The third-order valence-corrected chi connectivity index (χ3v) is 7.15. The summed E-state index contributed by atoms with van der Waals surface area (Å²) in [5, 5.41) is 0. The number of hydrogen-bond acceptors (Lipinski definition) is 2. The molecule has 3 aromatic rings. The number of carbonyl (C=O) groups excluding carboxylic acids is 1. The Labute approximate surface area is 197 Å². The van der Waals surface area contributed by atoms with E-state index in [1.165, 1.54) is 16.7 Å². The zero-order valence-electron chi connectivity index (χ0n) is 19.1. The van der Waals surface area contributed by atoms with Gasteiger partial charge in [0.05, 0.1) is 0 Å². The predicted molar refractivity (Wildman–Crippen MR) is 134 cm³/mol. The third kappa shape index (κ3) is 4.94. The zero-order valence-corrected chi connectivity index (χ0v) is 19.1. The molecule has 3 heteroatoms. The quantitative estimate of drug-likeness (QED) is 0.432. The molecule has 0 aromatic heterocycles. The largest absolute Gasteiger partial charge is 0.331 e. The monoisotopic (exact) mass is 436 g/mol. The number of rotatable bonds is 7. The summed E-state index contributed by atoms with van der Waals surface area (Å²) in [5.74, 6) is 0.606. The van der Waals surface area contributed by atoms with Crippen molar-refractivity contribution in [3.8, 4) is 0 Å². The van der Waals surface area contributed by atoms with Crippen LogP contribution in [0.2, 0.25) is 0 Å². The molecule has 0 N–H and O–H groups in total. The minimum Gasteiger partial charge on any atom is -0.331 e. The van der Waals surface area contributed by atoms with Gasteiger partial charge in [0.15, 0.2) is 0 Å². The second-order valence-electron chi connectivity index (χ2n) is 9.20. The van der Waals surface area contributed by atoms with E-state index in [1.807, 2.05) is 18.2 Å². The summed E-state index contributed by atoms with van der Waals surface area (Å²) in [5.41, 5.74) is 4.81. The van der Waals surface area contributed by atoms with E-state index in [0.29, 0.717) is 12.0 Å². The highest BCUT2D eigenvalue weighted by molar-refractivity contribution is 5.98. The van der Waals surface area contributed by atoms with Gasteiger partial charge in [0.2, 0.25) is 0 Å². The van der Waals surface area contributed by atoms with Crippen LogP contribution < -0.4 is 0 Å². The first-order chi connectivity index (χ1) is 16.3. The maximum absolute atomic E-state index is 12.8. The first-order valence-electron chi connectivity index (χ1n) is 12.2. The van der Waals surface area contributed by atoms with Crippen molar-refractivity contribution in [3.63, 3.8) is 0 Å². The minimum absolute atomic E-state index is 0.219. The van der Waals surface area contributed by atoms with E-state index in [9.17, 15) is 4.79 Å². The van der Waals surface area contributed by atoms with Crippen LogP contribution in [0.25, 0.3) is 0 Å². The zero-order chi connectivity index (χ0) is 22.5. The maximum Gasteiger partial charge on any atom is 0.254 e. The molecule has 2 aliphatic rings. The Morgan fingerprint density at radius 3 is 2.03 bits per heavy atom. The van der Waals surface area contributed by atoms with Crippen molar-refractivity contribution in [2.75, 3.05) is 19.6 Å². The second kappa shape index (κ2) is 10.2. The van der Waals surface area contributed by atoms with Crippen molar-refractivity contribution in [2.24, 2.45) is 0 Å². The van der Waals surface area contributed by atoms with Crippen molar-refractivity contribution in [1.29, 1.82) is 0 Å². The molecule has 0 aliphatic carbocycles. The van der Waals surface area contributed by atoms with Crippen LogP contribution in [0.15, 0.2) is 97.1 Å². The lowest BCUT2D eigenvalue weighted by molar-refractivity contribution is 0.0607. The van der Waals surface area contributed by atoms with Crippen molar-refractivity contribution in [1.82, 2.24) is 9.80 Å². The first-order valence-corrected chi connectivity index (χ1v) is 12.2. The summed E-state index contributed by atoms with van der Waals surface area (Å²) in [6.07, 6.45) is 7.80. The fraction of sp³-hybridized carbons (Fsp3) is 0.300. The van der Waals surface area contributed by atoms with Crippen molar-refractivity contribution in [3.05, 3.63) is 119 Å². The highest BCUT2D eigenvalue weighted by Gasteiger charge is 2.33. The van der Waals surface area contributed by atoms with Gasteiger partial charge in [-0.25, -0.2) is 0 Å². The number of likely N-dealkylation sites (tertiary alicyclic amines) is 1. The summed E-state index contributed by atoms with van der Waals surface area (Å²) >= 11 is 0. The van der Waals surface area contributed by atoms with Crippen molar-refractivity contribution < 1.29 is 4.79 Å². The van der Waals surface area contributed by atoms with Gasteiger partial charge in [0.25, 0.3) is 5.91 Å². The molecule has 0 atom stereocenters. The molecular weight excluding hydrogens is 404 g/mol. The van der Waals surface area contributed by atoms with Gasteiger partial charge in [-0.2, -0.15) is 0 Å². The number of hydrogen-bond donors (Lipinski definition) is 0. The Bertz CT molecular complexity index is 1050. The normalized spacial score (nSPS) is 17.2. The molecule has 1 amide bonds. The van der Waals surface area contributed by atoms with Gasteiger partial charge >= 0.3 is 0 Å². The Hall–Kier alpha value is -3.17. The third-order valence-electron chi connectivity index (χ3n) is 7.15. The number of fused-ring (bicyclic) bond motifs is 1. The number of piperidine rings is 1. The molecule has 1 saturated heterocycles. The Balaban J connectivity index is 1.13. The molecule has 1 fully saturated rings. The molecule has 3 nitrogen and oxygen atoms in total. The lowest BCUT2D eigenvalue weighted by atomic mass is 9.88. The standard InChI is InChI=1S/C30H32N2O/c33-30-29-17-8-7-15-26(29)23-32(30)27-18-21-31(22-19-27)20-10-9-16-28(24-11-3-1-4-12-24)25-13-5-2-6-14-25/h1-15,17,27-28H,16,18-23H2. The average molecular weight is 437 g/mol. The molecule has 168 valence electrons. The summed E-state index contributed by atoms with van der Waals surface area (Å²) in [6.45, 7) is 3.86. The smallest absolute Gasteiger partial charge is 0.254 e. The van der Waals surface area contributed by atoms with Gasteiger partial charge in [-0.3, -0.25) is 9.69 Å². The molecule has 5 rings (SSSR count). The molecule has 3 aromatic carbocycles. The van der Waals surface area contributed by atoms with Gasteiger partial charge in [-0.05, 0) is 42.0 Å². The molecule has 33 heavy (non-hydrogen) atoms. The Morgan fingerprint density at radius 1 is 0.788 bits per heavy atom. The van der Waals surface area contributed by atoms with Gasteiger partial charge < -0.3 is 4.90 Å². The Kier molecular flexibility index (Phi) is 6.68. The average Bonchev–Trinajstić information content (AvgIpc) is 3.22. The fourth-order valence-corrected chi connectivity index (χ4v) is 5.28. The summed E-state index contributed by atoms with van der Waals surface area (Å²) in [4.78, 5) is 17.4. The van der Waals surface area contributed by atoms with Crippen LogP contribution in [0.4, 0.5) is 0 Å². The highest BCUT2D eigenvalue weighted by Crippen LogP contribution is 2.29. The maximum atomic E-state index is 12.8. The van der Waals surface area contributed by atoms with Crippen LogP contribution in [0, 0.1) is 0 Å². The molecule has 0 spiro atoms. The van der Waals surface area contributed by atoms with E-state index in [2.05, 4.69) is 88.7 Å². The van der Waals surface area contributed by atoms with Crippen LogP contribution in [-0.4, -0.2) is 41.4 Å². The van der Waals surface area contributed by atoms with E-state index in [-0.39, 0.29) is 5.91 Å². The van der Waals surface area contributed by atoms with E-state index < -0.39 is 0 Å². The lowest BCUT2D eigenvalue weighted by Gasteiger charge is -2.36. The summed E-state index contributed by atoms with van der Waals surface area (Å²) in [7, 11) is 0. The fourth-order valence-electron chi connectivity index (χ4n) is 5.28. The van der Waals surface area contributed by atoms with E-state index in [4.69, 9.17) is 0 Å². The van der Waals surface area contributed by atoms with Gasteiger partial charge in [0, 0.05) is 43.7 Å². The highest BCUT2D eigenvalue weighted by atomic mass is 16.2. The van der Waals surface area contributed by atoms with Crippen molar-refractivity contribution >= 4 is 5.91 Å². The molecule has 0 unspecified atom stereocenters. The molecule has 0 saturated carbocycles. The van der Waals surface area contributed by atoms with Gasteiger partial charge in [-0.1, -0.05) is 91.0 Å². The van der Waals surface area contributed by atoms with E-state index in [0.717, 1.165) is 51.0 Å². The number of allylic oxidation sites excluding steroid dienone is 1. The molecule has 2 aliphatic heterocycles. The molecule has 0 radical (unpaired) electrons. The number of benzene rings is 3. The minimum atomic E-state index is 0.219. The predicted octanol–water partition coefficient (Wildman–Crippen LogP) is 5.89.